The predicted molar refractivity (Wildman–Crippen MR) is 108 cm³/mol. The van der Waals surface area contributed by atoms with Gasteiger partial charge in [-0.3, -0.25) is 9.78 Å². The maximum Gasteiger partial charge on any atom is 0.257 e. The fraction of sp³-hybridized carbons (Fsp3) is 0. The summed E-state index contributed by atoms with van der Waals surface area (Å²) in [5, 5.41) is 6.97. The number of nitrogens with two attached hydrogens (primary N) is 1. The molecule has 2 aromatic carbocycles. The summed E-state index contributed by atoms with van der Waals surface area (Å²) in [5.74, 6) is 0.349. The van der Waals surface area contributed by atoms with Crippen LogP contribution in [0.2, 0.25) is 0 Å². The van der Waals surface area contributed by atoms with E-state index in [4.69, 9.17) is 5.73 Å². The summed E-state index contributed by atoms with van der Waals surface area (Å²) in [6, 6.07) is 20.4. The first kappa shape index (κ1) is 16.5. The molecule has 132 valence electrons. The van der Waals surface area contributed by atoms with Crippen LogP contribution >= 0.6 is 0 Å². The van der Waals surface area contributed by atoms with E-state index in [0.29, 0.717) is 22.8 Å². The number of nitrogens with zero attached hydrogens (tertiary/aromatic N) is 2. The molecule has 0 unspecified atom stereocenters. The van der Waals surface area contributed by atoms with Crippen LogP contribution in [0.4, 0.5) is 22.9 Å². The summed E-state index contributed by atoms with van der Waals surface area (Å²) in [6.07, 6.45) is 3.24. The molecule has 0 aliphatic heterocycles. The van der Waals surface area contributed by atoms with Crippen molar-refractivity contribution in [2.24, 2.45) is 0 Å². The van der Waals surface area contributed by atoms with Gasteiger partial charge >= 0.3 is 0 Å². The minimum Gasteiger partial charge on any atom is -0.396 e. The highest BCUT2D eigenvalue weighted by Crippen LogP contribution is 2.23. The van der Waals surface area contributed by atoms with Crippen LogP contribution in [0.25, 0.3) is 10.9 Å². The number of rotatable bonds is 4. The fourth-order valence-corrected chi connectivity index (χ4v) is 2.73. The van der Waals surface area contributed by atoms with E-state index < -0.39 is 0 Å². The molecule has 6 heteroatoms. The lowest BCUT2D eigenvalue weighted by Gasteiger charge is -2.10. The Morgan fingerprint density at radius 1 is 0.889 bits per heavy atom. The Morgan fingerprint density at radius 2 is 1.74 bits per heavy atom. The Balaban J connectivity index is 1.53. The van der Waals surface area contributed by atoms with E-state index in [1.54, 1.807) is 24.5 Å². The summed E-state index contributed by atoms with van der Waals surface area (Å²) in [4.78, 5) is 21.1. The number of carbonyl (C=O) groups is 1. The van der Waals surface area contributed by atoms with Gasteiger partial charge in [-0.25, -0.2) is 4.98 Å². The standard InChI is InChI=1S/C21H17N5O/c22-18-8-4-10-23-20(18)25-16-6-3-7-17(12-16)26-21(27)15-11-14-5-1-2-9-19(14)24-13-15/h1-13H,22H2,(H,23,25)(H,26,27). The molecule has 0 saturated heterocycles. The highest BCUT2D eigenvalue weighted by molar-refractivity contribution is 6.06. The molecule has 0 fully saturated rings. The molecule has 0 aliphatic carbocycles. The topological polar surface area (TPSA) is 92.9 Å². The van der Waals surface area contributed by atoms with Gasteiger partial charge in [-0.2, -0.15) is 0 Å². The third-order valence-corrected chi connectivity index (χ3v) is 4.07. The molecule has 0 atom stereocenters. The molecule has 0 radical (unpaired) electrons. The van der Waals surface area contributed by atoms with Gasteiger partial charge in [0.2, 0.25) is 0 Å². The first-order valence-electron chi connectivity index (χ1n) is 8.43. The summed E-state index contributed by atoms with van der Waals surface area (Å²) >= 11 is 0. The van der Waals surface area contributed by atoms with Gasteiger partial charge in [-0.05, 0) is 42.5 Å². The lowest BCUT2D eigenvalue weighted by Crippen LogP contribution is -2.12. The Hall–Kier alpha value is -3.93. The number of anilines is 4. The minimum atomic E-state index is -0.220. The maximum absolute atomic E-state index is 12.6. The summed E-state index contributed by atoms with van der Waals surface area (Å²) in [6.45, 7) is 0. The molecule has 0 saturated carbocycles. The van der Waals surface area contributed by atoms with Crippen molar-refractivity contribution in [1.29, 1.82) is 0 Å². The SMILES string of the molecule is Nc1cccnc1Nc1cccc(NC(=O)c2cnc3ccccc3c2)c1. The number of aromatic nitrogens is 2. The van der Waals surface area contributed by atoms with E-state index in [0.717, 1.165) is 16.6 Å². The second-order valence-corrected chi connectivity index (χ2v) is 6.02. The van der Waals surface area contributed by atoms with Crippen molar-refractivity contribution in [3.05, 3.63) is 84.7 Å². The molecule has 4 N–H and O–H groups in total. The van der Waals surface area contributed by atoms with Gasteiger partial charge in [-0.15, -0.1) is 0 Å². The number of fused-ring (bicyclic) bond motifs is 1. The lowest BCUT2D eigenvalue weighted by molar-refractivity contribution is 0.102. The number of pyridine rings is 2. The van der Waals surface area contributed by atoms with Crippen LogP contribution in [0, 0.1) is 0 Å². The first-order chi connectivity index (χ1) is 13.2. The van der Waals surface area contributed by atoms with E-state index >= 15 is 0 Å². The lowest BCUT2D eigenvalue weighted by atomic mass is 10.1. The molecule has 6 nitrogen and oxygen atoms in total. The molecule has 2 aromatic heterocycles. The Labute approximate surface area is 156 Å². The molecule has 0 bridgehead atoms. The van der Waals surface area contributed by atoms with Crippen LogP contribution in [0.1, 0.15) is 10.4 Å². The zero-order valence-electron chi connectivity index (χ0n) is 14.4. The third-order valence-electron chi connectivity index (χ3n) is 4.07. The van der Waals surface area contributed by atoms with Crippen LogP contribution < -0.4 is 16.4 Å². The van der Waals surface area contributed by atoms with Gasteiger partial charge in [0, 0.05) is 29.2 Å². The molecule has 2 heterocycles. The van der Waals surface area contributed by atoms with E-state index in [-0.39, 0.29) is 5.91 Å². The number of carbonyl (C=O) groups excluding carboxylic acids is 1. The van der Waals surface area contributed by atoms with Crippen molar-refractivity contribution < 1.29 is 4.79 Å². The van der Waals surface area contributed by atoms with Crippen molar-refractivity contribution in [3.63, 3.8) is 0 Å². The molecular formula is C21H17N5O. The number of para-hydroxylation sites is 1. The smallest absolute Gasteiger partial charge is 0.257 e. The molecule has 1 amide bonds. The highest BCUT2D eigenvalue weighted by atomic mass is 16.1. The van der Waals surface area contributed by atoms with Crippen molar-refractivity contribution in [2.45, 2.75) is 0 Å². The second kappa shape index (κ2) is 7.13. The maximum atomic E-state index is 12.6. The van der Waals surface area contributed by atoms with Crippen molar-refractivity contribution in [3.8, 4) is 0 Å². The van der Waals surface area contributed by atoms with Crippen LogP contribution in [-0.4, -0.2) is 15.9 Å². The summed E-state index contributed by atoms with van der Waals surface area (Å²) < 4.78 is 0. The zero-order valence-corrected chi connectivity index (χ0v) is 14.4. The van der Waals surface area contributed by atoms with Crippen molar-refractivity contribution in [1.82, 2.24) is 9.97 Å². The Morgan fingerprint density at radius 3 is 2.63 bits per heavy atom. The highest BCUT2D eigenvalue weighted by Gasteiger charge is 2.09. The largest absolute Gasteiger partial charge is 0.396 e. The summed E-state index contributed by atoms with van der Waals surface area (Å²) in [5.41, 5.74) is 9.25. The van der Waals surface area contributed by atoms with E-state index in [2.05, 4.69) is 20.6 Å². The quantitative estimate of drug-likeness (QED) is 0.510. The number of nitrogen functional groups attached to an aromatic ring is 1. The van der Waals surface area contributed by atoms with E-state index in [1.165, 1.54) is 0 Å². The molecule has 4 aromatic rings. The number of amides is 1. The van der Waals surface area contributed by atoms with Gasteiger partial charge in [0.05, 0.1) is 16.8 Å². The zero-order chi connectivity index (χ0) is 18.6. The van der Waals surface area contributed by atoms with Gasteiger partial charge in [-0.1, -0.05) is 24.3 Å². The van der Waals surface area contributed by atoms with Crippen LogP contribution in [0.3, 0.4) is 0 Å². The van der Waals surface area contributed by atoms with E-state index in [9.17, 15) is 4.79 Å². The summed E-state index contributed by atoms with van der Waals surface area (Å²) in [7, 11) is 0. The van der Waals surface area contributed by atoms with Crippen LogP contribution in [0.5, 0.6) is 0 Å². The van der Waals surface area contributed by atoms with Crippen LogP contribution in [-0.2, 0) is 0 Å². The first-order valence-corrected chi connectivity index (χ1v) is 8.43. The Kier molecular flexibility index (Phi) is 4.37. The van der Waals surface area contributed by atoms with Crippen molar-refractivity contribution in [2.75, 3.05) is 16.4 Å². The second-order valence-electron chi connectivity index (χ2n) is 6.02. The number of hydrogen-bond donors (Lipinski definition) is 3. The molecule has 27 heavy (non-hydrogen) atoms. The molecule has 4 rings (SSSR count). The number of nitrogens with one attached hydrogen (secondary N) is 2. The van der Waals surface area contributed by atoms with E-state index in [1.807, 2.05) is 54.6 Å². The molecule has 0 spiro atoms. The number of benzene rings is 2. The average molecular weight is 355 g/mol. The average Bonchev–Trinajstić information content (AvgIpc) is 2.70. The minimum absolute atomic E-state index is 0.220. The van der Waals surface area contributed by atoms with Gasteiger partial charge in [0.15, 0.2) is 5.82 Å². The monoisotopic (exact) mass is 355 g/mol. The normalized spacial score (nSPS) is 10.5. The molecule has 0 aliphatic rings. The van der Waals surface area contributed by atoms with Gasteiger partial charge < -0.3 is 16.4 Å². The van der Waals surface area contributed by atoms with Gasteiger partial charge in [0.25, 0.3) is 5.91 Å². The predicted octanol–water partition coefficient (Wildman–Crippen LogP) is 4.21. The number of hydrogen-bond acceptors (Lipinski definition) is 5. The Bertz CT molecular complexity index is 1130. The third kappa shape index (κ3) is 3.69. The van der Waals surface area contributed by atoms with Crippen LogP contribution in [0.15, 0.2) is 79.1 Å². The van der Waals surface area contributed by atoms with Crippen molar-refractivity contribution >= 4 is 39.7 Å². The fourth-order valence-electron chi connectivity index (χ4n) is 2.73. The van der Waals surface area contributed by atoms with Gasteiger partial charge in [0.1, 0.15) is 0 Å². The molecular weight excluding hydrogens is 338 g/mol.